The van der Waals surface area contributed by atoms with Gasteiger partial charge in [-0.1, -0.05) is 38.0 Å². The fraction of sp³-hybridized carbons (Fsp3) is 0.533. The van der Waals surface area contributed by atoms with E-state index in [0.29, 0.717) is 17.1 Å². The molecule has 1 aliphatic rings. The van der Waals surface area contributed by atoms with E-state index in [2.05, 4.69) is 29.8 Å². The van der Waals surface area contributed by atoms with Crippen molar-refractivity contribution in [2.24, 2.45) is 5.92 Å². The smallest absolute Gasteiger partial charge is 0.185 e. The number of nitrogens with one attached hydrogen (secondary N) is 2. The van der Waals surface area contributed by atoms with Gasteiger partial charge in [0.25, 0.3) is 0 Å². The van der Waals surface area contributed by atoms with Gasteiger partial charge in [0.1, 0.15) is 0 Å². The van der Waals surface area contributed by atoms with E-state index in [1.807, 2.05) is 30.3 Å². The summed E-state index contributed by atoms with van der Waals surface area (Å²) < 4.78 is 0. The molecule has 1 fully saturated rings. The van der Waals surface area contributed by atoms with Crippen molar-refractivity contribution in [1.82, 2.24) is 10.7 Å². The number of rotatable bonds is 3. The second kappa shape index (κ2) is 6.75. The van der Waals surface area contributed by atoms with Crippen molar-refractivity contribution in [2.75, 3.05) is 12.1 Å². The SMILES string of the molecule is C[C@@H]1CCCC[C@H]1NC(=S)NN(C)c1ccccc1. The molecule has 0 spiro atoms. The summed E-state index contributed by atoms with van der Waals surface area (Å²) in [6, 6.07) is 10.7. The van der Waals surface area contributed by atoms with Crippen LogP contribution >= 0.6 is 12.2 Å². The third kappa shape index (κ3) is 4.10. The zero-order chi connectivity index (χ0) is 13.7. The molecule has 3 nitrogen and oxygen atoms in total. The van der Waals surface area contributed by atoms with E-state index >= 15 is 0 Å². The molecular formula is C15H23N3S. The molecule has 1 saturated carbocycles. The molecule has 0 unspecified atom stereocenters. The molecule has 0 heterocycles. The maximum Gasteiger partial charge on any atom is 0.185 e. The fourth-order valence-corrected chi connectivity index (χ4v) is 2.89. The Morgan fingerprint density at radius 1 is 1.21 bits per heavy atom. The first-order chi connectivity index (χ1) is 9.16. The van der Waals surface area contributed by atoms with Crippen LogP contribution in [-0.4, -0.2) is 18.2 Å². The Morgan fingerprint density at radius 2 is 1.89 bits per heavy atom. The lowest BCUT2D eigenvalue weighted by Crippen LogP contribution is -2.50. The Hall–Kier alpha value is -1.29. The van der Waals surface area contributed by atoms with Crippen LogP contribution in [0.3, 0.4) is 0 Å². The lowest BCUT2D eigenvalue weighted by molar-refractivity contribution is 0.308. The minimum Gasteiger partial charge on any atom is -0.358 e. The first kappa shape index (κ1) is 14.1. The Kier molecular flexibility index (Phi) is 5.02. The predicted molar refractivity (Wildman–Crippen MR) is 85.1 cm³/mol. The summed E-state index contributed by atoms with van der Waals surface area (Å²) in [4.78, 5) is 0. The van der Waals surface area contributed by atoms with Gasteiger partial charge in [-0.25, -0.2) is 0 Å². The molecule has 0 saturated heterocycles. The van der Waals surface area contributed by atoms with E-state index in [1.54, 1.807) is 0 Å². The average Bonchev–Trinajstić information content (AvgIpc) is 2.42. The summed E-state index contributed by atoms with van der Waals surface area (Å²) >= 11 is 5.40. The van der Waals surface area contributed by atoms with Crippen molar-refractivity contribution in [2.45, 2.75) is 38.6 Å². The molecule has 0 amide bonds. The van der Waals surface area contributed by atoms with E-state index in [1.165, 1.54) is 25.7 Å². The van der Waals surface area contributed by atoms with Gasteiger partial charge in [-0.2, -0.15) is 0 Å². The summed E-state index contributed by atoms with van der Waals surface area (Å²) in [5.74, 6) is 0.704. The van der Waals surface area contributed by atoms with Gasteiger partial charge in [-0.05, 0) is 43.1 Å². The molecule has 2 N–H and O–H groups in total. The van der Waals surface area contributed by atoms with Gasteiger partial charge in [0.2, 0.25) is 0 Å². The molecule has 1 aromatic rings. The highest BCUT2D eigenvalue weighted by molar-refractivity contribution is 7.80. The molecule has 104 valence electrons. The van der Waals surface area contributed by atoms with Gasteiger partial charge < -0.3 is 5.32 Å². The largest absolute Gasteiger partial charge is 0.358 e. The van der Waals surface area contributed by atoms with Crippen molar-refractivity contribution in [3.63, 3.8) is 0 Å². The summed E-state index contributed by atoms with van der Waals surface area (Å²) in [6.07, 6.45) is 5.18. The van der Waals surface area contributed by atoms with Crippen molar-refractivity contribution < 1.29 is 0 Å². The van der Waals surface area contributed by atoms with Crippen LogP contribution in [0, 0.1) is 5.92 Å². The highest BCUT2D eigenvalue weighted by Gasteiger charge is 2.21. The predicted octanol–water partition coefficient (Wildman–Crippen LogP) is 3.08. The molecule has 2 rings (SSSR count). The number of benzene rings is 1. The second-order valence-electron chi connectivity index (χ2n) is 5.35. The molecule has 1 aliphatic carbocycles. The maximum absolute atomic E-state index is 5.40. The summed E-state index contributed by atoms with van der Waals surface area (Å²) in [6.45, 7) is 2.31. The number of nitrogens with zero attached hydrogens (tertiary/aromatic N) is 1. The monoisotopic (exact) mass is 277 g/mol. The zero-order valence-corrected chi connectivity index (χ0v) is 12.5. The van der Waals surface area contributed by atoms with Crippen molar-refractivity contribution in [3.05, 3.63) is 30.3 Å². The third-order valence-electron chi connectivity index (χ3n) is 3.84. The van der Waals surface area contributed by atoms with Crippen LogP contribution in [0.2, 0.25) is 0 Å². The number of hydrogen-bond donors (Lipinski definition) is 2. The summed E-state index contributed by atoms with van der Waals surface area (Å²) in [5.41, 5.74) is 4.32. The van der Waals surface area contributed by atoms with Gasteiger partial charge in [0, 0.05) is 13.1 Å². The molecule has 0 radical (unpaired) electrons. The van der Waals surface area contributed by atoms with E-state index in [9.17, 15) is 0 Å². The van der Waals surface area contributed by atoms with E-state index in [-0.39, 0.29) is 0 Å². The second-order valence-corrected chi connectivity index (χ2v) is 5.76. The summed E-state index contributed by atoms with van der Waals surface area (Å²) in [7, 11) is 1.98. The highest BCUT2D eigenvalue weighted by atomic mass is 32.1. The Balaban J connectivity index is 1.84. The first-order valence-electron chi connectivity index (χ1n) is 7.03. The van der Waals surface area contributed by atoms with Crippen LogP contribution in [0.5, 0.6) is 0 Å². The standard InChI is InChI=1S/C15H23N3S/c1-12-8-6-7-11-14(12)16-15(19)17-18(2)13-9-4-3-5-10-13/h3-5,9-10,12,14H,6-8,11H2,1-2H3,(H2,16,17,19)/t12-,14-/m1/s1. The molecule has 19 heavy (non-hydrogen) atoms. The van der Waals surface area contributed by atoms with Gasteiger partial charge >= 0.3 is 0 Å². The van der Waals surface area contributed by atoms with Crippen LogP contribution in [0.15, 0.2) is 30.3 Å². The van der Waals surface area contributed by atoms with E-state index in [0.717, 1.165) is 5.69 Å². The Bertz CT molecular complexity index is 407. The topological polar surface area (TPSA) is 27.3 Å². The van der Waals surface area contributed by atoms with Crippen LogP contribution < -0.4 is 15.8 Å². The fourth-order valence-electron chi connectivity index (χ4n) is 2.60. The molecular weight excluding hydrogens is 254 g/mol. The maximum atomic E-state index is 5.40. The van der Waals surface area contributed by atoms with Crippen LogP contribution in [-0.2, 0) is 0 Å². The van der Waals surface area contributed by atoms with Gasteiger partial charge in [-0.3, -0.25) is 10.4 Å². The Morgan fingerprint density at radius 3 is 2.58 bits per heavy atom. The zero-order valence-electron chi connectivity index (χ0n) is 11.7. The summed E-state index contributed by atoms with van der Waals surface area (Å²) in [5, 5.41) is 6.11. The molecule has 1 aromatic carbocycles. The Labute approximate surface area is 121 Å². The minimum absolute atomic E-state index is 0.512. The van der Waals surface area contributed by atoms with Crippen LogP contribution in [0.25, 0.3) is 0 Å². The number of para-hydroxylation sites is 1. The van der Waals surface area contributed by atoms with Crippen LogP contribution in [0.4, 0.5) is 5.69 Å². The number of anilines is 1. The van der Waals surface area contributed by atoms with E-state index in [4.69, 9.17) is 12.2 Å². The third-order valence-corrected chi connectivity index (χ3v) is 4.05. The number of hydrogen-bond acceptors (Lipinski definition) is 2. The van der Waals surface area contributed by atoms with Gasteiger partial charge in [-0.15, -0.1) is 0 Å². The first-order valence-corrected chi connectivity index (χ1v) is 7.43. The van der Waals surface area contributed by atoms with Crippen LogP contribution in [0.1, 0.15) is 32.6 Å². The molecule has 0 aliphatic heterocycles. The average molecular weight is 277 g/mol. The van der Waals surface area contributed by atoms with Gasteiger partial charge in [0.05, 0.1) is 5.69 Å². The normalized spacial score (nSPS) is 22.6. The minimum atomic E-state index is 0.512. The van der Waals surface area contributed by atoms with Crippen molar-refractivity contribution >= 4 is 23.0 Å². The lowest BCUT2D eigenvalue weighted by atomic mass is 9.86. The highest BCUT2D eigenvalue weighted by Crippen LogP contribution is 2.23. The molecule has 4 heteroatoms. The molecule has 2 atom stereocenters. The van der Waals surface area contributed by atoms with E-state index < -0.39 is 0 Å². The molecule has 0 aromatic heterocycles. The molecule has 0 bridgehead atoms. The van der Waals surface area contributed by atoms with Crippen molar-refractivity contribution in [1.29, 1.82) is 0 Å². The number of thiocarbonyl (C=S) groups is 1. The quantitative estimate of drug-likeness (QED) is 0.656. The lowest BCUT2D eigenvalue weighted by Gasteiger charge is -2.32. The number of hydrazine groups is 1. The van der Waals surface area contributed by atoms with Crippen molar-refractivity contribution in [3.8, 4) is 0 Å². The van der Waals surface area contributed by atoms with Gasteiger partial charge in [0.15, 0.2) is 5.11 Å².